The predicted octanol–water partition coefficient (Wildman–Crippen LogP) is 5.37. The molecule has 1 heterocycles. The Balaban J connectivity index is 1.50. The molecule has 1 unspecified atom stereocenters. The second-order valence-corrected chi connectivity index (χ2v) is 8.83. The molecule has 164 valence electrons. The molecule has 1 atom stereocenters. The van der Waals surface area contributed by atoms with Crippen molar-refractivity contribution >= 4 is 29.1 Å². The smallest absolute Gasteiger partial charge is 0.239 e. The van der Waals surface area contributed by atoms with Gasteiger partial charge in [0.15, 0.2) is 5.17 Å². The van der Waals surface area contributed by atoms with Crippen LogP contribution in [0.1, 0.15) is 56.2 Å². The first-order valence-corrected chi connectivity index (χ1v) is 11.9. The third-order valence-electron chi connectivity index (χ3n) is 5.04. The van der Waals surface area contributed by atoms with E-state index < -0.39 is 0 Å². The summed E-state index contributed by atoms with van der Waals surface area (Å²) in [7, 11) is 0. The molecule has 0 aliphatic carbocycles. The van der Waals surface area contributed by atoms with Crippen LogP contribution in [0.15, 0.2) is 58.7 Å². The Bertz CT molecular complexity index is 892. The molecule has 2 aromatic carbocycles. The van der Waals surface area contributed by atoms with Crippen molar-refractivity contribution in [2.24, 2.45) is 10.2 Å². The van der Waals surface area contributed by atoms with Gasteiger partial charge in [0.1, 0.15) is 5.75 Å². The maximum absolute atomic E-state index is 12.3. The number of hydrogen-bond donors (Lipinski definition) is 1. The number of thioether (sulfide) groups is 1. The minimum Gasteiger partial charge on any atom is -0.494 e. The van der Waals surface area contributed by atoms with Gasteiger partial charge in [0.05, 0.1) is 18.1 Å². The van der Waals surface area contributed by atoms with Gasteiger partial charge in [0.2, 0.25) is 5.91 Å². The molecule has 3 rings (SSSR count). The fraction of sp³-hybridized carbons (Fsp3) is 0.400. The quantitative estimate of drug-likeness (QED) is 0.292. The number of aryl methyl sites for hydroxylation is 1. The largest absolute Gasteiger partial charge is 0.494 e. The van der Waals surface area contributed by atoms with Gasteiger partial charge in [-0.1, -0.05) is 62.7 Å². The average Bonchev–Trinajstić information content (AvgIpc) is 3.13. The monoisotopic (exact) mass is 437 g/mol. The van der Waals surface area contributed by atoms with Gasteiger partial charge in [0.25, 0.3) is 0 Å². The average molecular weight is 438 g/mol. The molecule has 1 aliphatic heterocycles. The first-order chi connectivity index (χ1) is 15.2. The second-order valence-electron chi connectivity index (χ2n) is 7.64. The van der Waals surface area contributed by atoms with Gasteiger partial charge in [-0.15, -0.1) is 5.10 Å². The highest BCUT2D eigenvalue weighted by Gasteiger charge is 2.30. The number of unbranched alkanes of at least 4 members (excludes halogenated alkanes) is 2. The van der Waals surface area contributed by atoms with E-state index in [1.807, 2.05) is 24.3 Å². The van der Waals surface area contributed by atoms with Crippen molar-refractivity contribution in [2.75, 3.05) is 6.61 Å². The number of nitrogens with zero attached hydrogens (tertiary/aromatic N) is 2. The normalized spacial score (nSPS) is 17.4. The lowest BCUT2D eigenvalue weighted by Gasteiger charge is -2.06. The zero-order chi connectivity index (χ0) is 21.9. The van der Waals surface area contributed by atoms with E-state index >= 15 is 0 Å². The summed E-state index contributed by atoms with van der Waals surface area (Å²) >= 11 is 1.44. The third kappa shape index (κ3) is 7.55. The lowest BCUT2D eigenvalue weighted by molar-refractivity contribution is -0.118. The van der Waals surface area contributed by atoms with Crippen molar-refractivity contribution in [2.45, 2.75) is 57.6 Å². The minimum absolute atomic E-state index is 0.0115. The van der Waals surface area contributed by atoms with Crippen LogP contribution >= 0.6 is 11.8 Å². The number of carbonyl (C=O) groups is 1. The molecule has 0 radical (unpaired) electrons. The number of rotatable bonds is 11. The molecule has 1 aliphatic rings. The van der Waals surface area contributed by atoms with E-state index in [0.29, 0.717) is 11.6 Å². The SMILES string of the molecule is CCCCOc1ccc(/C=N/N=C2\NC(=O)C(Cc3ccc(CCCC)cc3)S2)cc1. The molecule has 6 heteroatoms. The molecule has 1 amide bonds. The van der Waals surface area contributed by atoms with Crippen LogP contribution in [-0.4, -0.2) is 29.1 Å². The Morgan fingerprint density at radius 3 is 2.42 bits per heavy atom. The summed E-state index contributed by atoms with van der Waals surface area (Å²) in [6, 6.07) is 16.3. The Morgan fingerprint density at radius 2 is 1.71 bits per heavy atom. The van der Waals surface area contributed by atoms with Crippen LogP contribution in [-0.2, 0) is 17.6 Å². The molecule has 0 bridgehead atoms. The number of hydrogen-bond acceptors (Lipinski definition) is 5. The topological polar surface area (TPSA) is 63.1 Å². The van der Waals surface area contributed by atoms with Crippen molar-refractivity contribution in [1.29, 1.82) is 0 Å². The van der Waals surface area contributed by atoms with Crippen molar-refractivity contribution in [3.63, 3.8) is 0 Å². The molecule has 1 N–H and O–H groups in total. The zero-order valence-electron chi connectivity index (χ0n) is 18.3. The predicted molar refractivity (Wildman–Crippen MR) is 130 cm³/mol. The molecule has 0 saturated carbocycles. The first kappa shape index (κ1) is 23.1. The standard InChI is InChI=1S/C25H31N3O2S/c1-3-5-7-19-8-10-20(11-9-19)17-23-24(29)27-25(31-23)28-26-18-21-12-14-22(15-13-21)30-16-6-4-2/h8-15,18,23H,3-7,16-17H2,1-2H3,(H,27,28,29)/b26-18+. The fourth-order valence-electron chi connectivity index (χ4n) is 3.16. The summed E-state index contributed by atoms with van der Waals surface area (Å²) in [6.45, 7) is 5.08. The van der Waals surface area contributed by atoms with Crippen molar-refractivity contribution < 1.29 is 9.53 Å². The highest BCUT2D eigenvalue weighted by atomic mass is 32.2. The number of nitrogens with one attached hydrogen (secondary N) is 1. The molecular formula is C25H31N3O2S. The van der Waals surface area contributed by atoms with Gasteiger partial charge in [-0.05, 0) is 66.6 Å². The summed E-state index contributed by atoms with van der Waals surface area (Å²) < 4.78 is 5.66. The zero-order valence-corrected chi connectivity index (χ0v) is 19.2. The van der Waals surface area contributed by atoms with E-state index in [0.717, 1.165) is 37.2 Å². The molecule has 1 fully saturated rings. The summed E-state index contributed by atoms with van der Waals surface area (Å²) in [6.07, 6.45) is 8.05. The van der Waals surface area contributed by atoms with Crippen LogP contribution < -0.4 is 10.1 Å². The number of benzene rings is 2. The fourth-order valence-corrected chi connectivity index (χ4v) is 4.12. The Labute approximate surface area is 189 Å². The Kier molecular flexibility index (Phi) is 9.16. The number of amidine groups is 1. The molecule has 5 nitrogen and oxygen atoms in total. The number of carbonyl (C=O) groups excluding carboxylic acids is 1. The van der Waals surface area contributed by atoms with Gasteiger partial charge >= 0.3 is 0 Å². The van der Waals surface area contributed by atoms with Gasteiger partial charge in [-0.25, -0.2) is 0 Å². The summed E-state index contributed by atoms with van der Waals surface area (Å²) in [5, 5.41) is 11.5. The van der Waals surface area contributed by atoms with E-state index in [2.05, 4.69) is 53.6 Å². The van der Waals surface area contributed by atoms with Crippen LogP contribution in [0, 0.1) is 0 Å². The van der Waals surface area contributed by atoms with Crippen molar-refractivity contribution in [1.82, 2.24) is 5.32 Å². The minimum atomic E-state index is -0.171. The molecule has 0 spiro atoms. The Hall–Kier alpha value is -2.60. The van der Waals surface area contributed by atoms with Gasteiger partial charge in [0, 0.05) is 0 Å². The van der Waals surface area contributed by atoms with Crippen LogP contribution in [0.5, 0.6) is 5.75 Å². The first-order valence-electron chi connectivity index (χ1n) is 11.1. The second kappa shape index (κ2) is 12.3. The third-order valence-corrected chi connectivity index (χ3v) is 6.11. The lowest BCUT2D eigenvalue weighted by Crippen LogP contribution is -2.25. The molecule has 31 heavy (non-hydrogen) atoms. The number of ether oxygens (including phenoxy) is 1. The molecule has 0 aromatic heterocycles. The summed E-state index contributed by atoms with van der Waals surface area (Å²) in [4.78, 5) is 12.3. The Morgan fingerprint density at radius 1 is 1.00 bits per heavy atom. The molecule has 1 saturated heterocycles. The van der Waals surface area contributed by atoms with Crippen LogP contribution in [0.3, 0.4) is 0 Å². The molecule has 2 aromatic rings. The van der Waals surface area contributed by atoms with Crippen LogP contribution in [0.2, 0.25) is 0 Å². The van der Waals surface area contributed by atoms with Crippen LogP contribution in [0.25, 0.3) is 0 Å². The lowest BCUT2D eigenvalue weighted by atomic mass is 10.0. The summed E-state index contributed by atoms with van der Waals surface area (Å²) in [5.74, 6) is 0.847. The van der Waals surface area contributed by atoms with Gasteiger partial charge in [-0.2, -0.15) is 5.10 Å². The highest BCUT2D eigenvalue weighted by Crippen LogP contribution is 2.24. The molecular weight excluding hydrogens is 406 g/mol. The maximum atomic E-state index is 12.3. The van der Waals surface area contributed by atoms with Gasteiger partial charge in [-0.3, -0.25) is 4.79 Å². The van der Waals surface area contributed by atoms with Crippen LogP contribution in [0.4, 0.5) is 0 Å². The van der Waals surface area contributed by atoms with E-state index in [1.165, 1.54) is 35.7 Å². The van der Waals surface area contributed by atoms with E-state index in [-0.39, 0.29) is 11.2 Å². The highest BCUT2D eigenvalue weighted by molar-refractivity contribution is 8.15. The number of amides is 1. The van der Waals surface area contributed by atoms with Crippen molar-refractivity contribution in [3.8, 4) is 5.75 Å². The van der Waals surface area contributed by atoms with Crippen molar-refractivity contribution in [3.05, 3.63) is 65.2 Å². The van der Waals surface area contributed by atoms with E-state index in [4.69, 9.17) is 4.74 Å². The van der Waals surface area contributed by atoms with E-state index in [9.17, 15) is 4.79 Å². The van der Waals surface area contributed by atoms with Gasteiger partial charge < -0.3 is 10.1 Å². The maximum Gasteiger partial charge on any atom is 0.239 e. The van der Waals surface area contributed by atoms with E-state index in [1.54, 1.807) is 6.21 Å². The summed E-state index contributed by atoms with van der Waals surface area (Å²) in [5.41, 5.74) is 3.45.